The number of hydrogen-bond donors (Lipinski definition) is 12. The van der Waals surface area contributed by atoms with Crippen LogP contribution in [-0.2, 0) is 51.3 Å². The monoisotopic (exact) mass is 1390 g/mol. The molecule has 2 aromatic carbocycles. The van der Waals surface area contributed by atoms with Crippen molar-refractivity contribution in [2.75, 3.05) is 62.2 Å². The van der Waals surface area contributed by atoms with Gasteiger partial charge in [-0.1, -0.05) is 57.5 Å². The first-order valence-electron chi connectivity index (χ1n) is 33.5. The zero-order valence-electron chi connectivity index (χ0n) is 56.3. The summed E-state index contributed by atoms with van der Waals surface area (Å²) < 4.78 is 0. The topological polar surface area (TPSA) is 406 Å². The Balaban J connectivity index is 0.931. The summed E-state index contributed by atoms with van der Waals surface area (Å²) in [5.74, 6) is -3.55. The fourth-order valence-electron chi connectivity index (χ4n) is 9.99. The van der Waals surface area contributed by atoms with E-state index >= 15 is 0 Å². The summed E-state index contributed by atoms with van der Waals surface area (Å²) in [7, 11) is 0. The number of nitrogens with zero attached hydrogens (tertiary/aromatic N) is 6. The Morgan fingerprint density at radius 1 is 0.608 bits per heavy atom. The third-order valence-corrected chi connectivity index (χ3v) is 16.4. The minimum Gasteiger partial charge on any atom is -0.379 e. The molecule has 0 unspecified atom stereocenters. The Hall–Kier alpha value is -8.45. The van der Waals surface area contributed by atoms with Gasteiger partial charge in [-0.05, 0) is 149 Å². The summed E-state index contributed by atoms with van der Waals surface area (Å²) in [4.78, 5) is 139. The van der Waals surface area contributed by atoms with E-state index in [1.807, 2.05) is 31.2 Å². The predicted octanol–water partition coefficient (Wildman–Crippen LogP) is 6.94. The Kier molecular flexibility index (Phi) is 37.7. The number of ketones is 2. The SMILES string of the molecule is CC(=O)N(O)CCCCCNC(=O)CCC(=O)N(O)CCCCCNC(=O)CCC(=O)N(O)CCCCCNC(=S)Nc1ccc(CC(=S)CCCCC[C@@H](C)CC(=O)[C@H](C)NC(=O)[C@H](C)CC(=O)CCCNC(=O)c2ccc(NCc3cnc4nc(N)[nH]c(=O)c4n3)cc2)cc1. The lowest BCUT2D eigenvalue weighted by Crippen LogP contribution is -2.42. The van der Waals surface area contributed by atoms with Gasteiger partial charge >= 0.3 is 0 Å². The first-order valence-corrected chi connectivity index (χ1v) is 34.3. The Labute approximate surface area is 577 Å². The van der Waals surface area contributed by atoms with E-state index in [1.54, 1.807) is 38.1 Å². The maximum absolute atomic E-state index is 13.1. The van der Waals surface area contributed by atoms with Crippen LogP contribution in [0.5, 0.6) is 0 Å². The van der Waals surface area contributed by atoms with Crippen LogP contribution in [0.15, 0.2) is 59.5 Å². The summed E-state index contributed by atoms with van der Waals surface area (Å²) in [6.45, 7) is 8.92. The number of anilines is 3. The van der Waals surface area contributed by atoms with Crippen LogP contribution in [0.1, 0.15) is 191 Å². The number of aromatic nitrogens is 4. The number of nitrogens with two attached hydrogens (primary N) is 1. The van der Waals surface area contributed by atoms with Gasteiger partial charge in [-0.25, -0.2) is 25.2 Å². The number of unbranched alkanes of at least 4 members (excludes halogenated alkanes) is 8. The fourth-order valence-corrected chi connectivity index (χ4v) is 10.5. The molecule has 97 heavy (non-hydrogen) atoms. The molecule has 0 radical (unpaired) electrons. The Morgan fingerprint density at radius 2 is 1.16 bits per heavy atom. The number of nitrogens with one attached hydrogen (secondary N) is 8. The highest BCUT2D eigenvalue weighted by Gasteiger charge is 2.23. The standard InChI is InChI=1S/C67H99N15O13S2/c1-45(40-56(85)47(3)75-63(90)46(2)41-54(84)19-17-36-71-64(91)50-23-27-51(28-24-50)73-43-53-44-74-62-61(76-53)65(92)79-66(68)78-62)18-9-5-10-20-55(96)42-49-21-25-52(26-22-49)77-67(97)72-35-13-8-16-39-82(95)60(89)32-30-58(87)70-34-12-7-15-38-81(94)59(88)31-29-57(86)69-33-11-6-14-37-80(93)48(4)83/h21-28,44-47,73,93-95H,5-20,29-43H2,1-4H3,(H,69,86)(H,70,87)(H,71,91)(H,75,90)(H2,72,77,97)(H3,68,74,78,79,92)/t45-,46-,47+/m1/s1. The van der Waals surface area contributed by atoms with E-state index in [0.717, 1.165) is 61.1 Å². The average molecular weight is 1390 g/mol. The van der Waals surface area contributed by atoms with Gasteiger partial charge in [-0.3, -0.25) is 68.6 Å². The molecular formula is C67H99N15O13S2. The fraction of sp³-hybridized carbons (Fsp3) is 0.567. The van der Waals surface area contributed by atoms with E-state index in [4.69, 9.17) is 30.2 Å². The number of carbonyl (C=O) groups is 9. The van der Waals surface area contributed by atoms with Gasteiger partial charge < -0.3 is 43.0 Å². The number of rotatable bonds is 48. The molecule has 2 aromatic heterocycles. The molecule has 0 saturated heterocycles. The van der Waals surface area contributed by atoms with Gasteiger partial charge in [-0.2, -0.15) is 4.98 Å². The van der Waals surface area contributed by atoms with E-state index in [1.165, 1.54) is 13.1 Å². The molecule has 13 N–H and O–H groups in total. The van der Waals surface area contributed by atoms with Crippen molar-refractivity contribution < 1.29 is 58.8 Å². The van der Waals surface area contributed by atoms with Crippen LogP contribution in [-0.4, -0.2) is 165 Å². The van der Waals surface area contributed by atoms with Crippen LogP contribution >= 0.6 is 24.4 Å². The average Bonchev–Trinajstić information content (AvgIpc) is 0.817. The number of benzene rings is 2. The molecule has 4 aromatic rings. The van der Waals surface area contributed by atoms with E-state index in [-0.39, 0.29) is 129 Å². The lowest BCUT2D eigenvalue weighted by molar-refractivity contribution is -0.166. The van der Waals surface area contributed by atoms with Crippen LogP contribution in [0, 0.1) is 11.8 Å². The summed E-state index contributed by atoms with van der Waals surface area (Å²) in [5.41, 5.74) is 8.88. The first-order chi connectivity index (χ1) is 46.4. The zero-order chi connectivity index (χ0) is 71.1. The van der Waals surface area contributed by atoms with Crippen molar-refractivity contribution in [1.82, 2.24) is 61.7 Å². The van der Waals surface area contributed by atoms with Gasteiger partial charge in [-0.15, -0.1) is 0 Å². The van der Waals surface area contributed by atoms with E-state index in [9.17, 15) is 63.6 Å². The minimum atomic E-state index is -0.682. The van der Waals surface area contributed by atoms with Gasteiger partial charge in [0.1, 0.15) is 5.78 Å². The largest absolute Gasteiger partial charge is 0.379 e. The second kappa shape index (κ2) is 45.1. The number of hydrogen-bond acceptors (Lipinski definition) is 20. The molecular weight excluding hydrogens is 1290 g/mol. The number of fused-ring (bicyclic) bond motifs is 1. The van der Waals surface area contributed by atoms with Crippen molar-refractivity contribution >= 4 is 116 Å². The van der Waals surface area contributed by atoms with Gasteiger partial charge in [0.05, 0.1) is 24.5 Å². The second-order valence-corrected chi connectivity index (χ2v) is 25.4. The second-order valence-electron chi connectivity index (χ2n) is 24.4. The third kappa shape index (κ3) is 33.9. The van der Waals surface area contributed by atoms with Crippen molar-refractivity contribution in [1.29, 1.82) is 0 Å². The first kappa shape index (κ1) is 81.0. The molecule has 3 atom stereocenters. The predicted molar refractivity (Wildman–Crippen MR) is 375 cm³/mol. The van der Waals surface area contributed by atoms with Crippen molar-refractivity contribution in [3.05, 3.63) is 81.9 Å². The molecule has 28 nitrogen and oxygen atoms in total. The molecule has 0 saturated carbocycles. The Morgan fingerprint density at radius 3 is 1.76 bits per heavy atom. The summed E-state index contributed by atoms with van der Waals surface area (Å²) >= 11 is 11.2. The molecule has 0 bridgehead atoms. The number of hydroxylamine groups is 6. The molecule has 7 amide bonds. The van der Waals surface area contributed by atoms with Crippen molar-refractivity contribution in [3.63, 3.8) is 0 Å². The molecule has 532 valence electrons. The van der Waals surface area contributed by atoms with Crippen LogP contribution < -0.4 is 48.5 Å². The molecule has 0 spiro atoms. The van der Waals surface area contributed by atoms with Crippen LogP contribution in [0.3, 0.4) is 0 Å². The number of amides is 7. The van der Waals surface area contributed by atoms with E-state index < -0.39 is 35.2 Å². The van der Waals surface area contributed by atoms with Crippen LogP contribution in [0.4, 0.5) is 17.3 Å². The molecule has 4 rings (SSSR count). The minimum absolute atomic E-state index is 0.0215. The lowest BCUT2D eigenvalue weighted by atomic mass is 9.94. The van der Waals surface area contributed by atoms with Gasteiger partial charge in [0.15, 0.2) is 22.1 Å². The van der Waals surface area contributed by atoms with Crippen molar-refractivity contribution in [2.45, 2.75) is 188 Å². The summed E-state index contributed by atoms with van der Waals surface area (Å²) in [6, 6.07) is 14.0. The number of carbonyl (C=O) groups excluding carboxylic acids is 9. The van der Waals surface area contributed by atoms with Gasteiger partial charge in [0.25, 0.3) is 11.5 Å². The maximum Gasteiger partial charge on any atom is 0.280 e. The number of Topliss-reactive ketones (excluding diaryl/α,β-unsaturated/α-hetero) is 2. The molecule has 0 aliphatic carbocycles. The summed E-state index contributed by atoms with van der Waals surface area (Å²) in [5, 5.41) is 52.5. The Bertz CT molecular complexity index is 3290. The van der Waals surface area contributed by atoms with E-state index in [2.05, 4.69) is 57.2 Å². The highest BCUT2D eigenvalue weighted by molar-refractivity contribution is 7.80. The third-order valence-electron chi connectivity index (χ3n) is 15.8. The molecule has 0 fully saturated rings. The molecule has 2 heterocycles. The highest BCUT2D eigenvalue weighted by atomic mass is 32.1. The lowest BCUT2D eigenvalue weighted by Gasteiger charge is -2.18. The maximum atomic E-state index is 13.1. The van der Waals surface area contributed by atoms with E-state index in [0.29, 0.717) is 121 Å². The van der Waals surface area contributed by atoms with Crippen molar-refractivity contribution in [3.8, 4) is 0 Å². The van der Waals surface area contributed by atoms with Crippen LogP contribution in [0.2, 0.25) is 0 Å². The van der Waals surface area contributed by atoms with Crippen LogP contribution in [0.25, 0.3) is 11.2 Å². The smallest absolute Gasteiger partial charge is 0.280 e. The number of aromatic amines is 1. The molecule has 0 aliphatic heterocycles. The zero-order valence-corrected chi connectivity index (χ0v) is 58.0. The normalized spacial score (nSPS) is 11.9. The molecule has 0 aliphatic rings. The van der Waals surface area contributed by atoms with Gasteiger partial charge in [0.2, 0.25) is 41.4 Å². The summed E-state index contributed by atoms with van der Waals surface area (Å²) in [6.07, 6.45) is 12.8. The quantitative estimate of drug-likeness (QED) is 0.00921. The van der Waals surface area contributed by atoms with Gasteiger partial charge in [0, 0.05) is 127 Å². The number of nitrogen functional groups attached to an aromatic ring is 1. The highest BCUT2D eigenvalue weighted by Crippen LogP contribution is 2.19. The van der Waals surface area contributed by atoms with Crippen molar-refractivity contribution in [2.24, 2.45) is 11.8 Å². The number of H-pyrrole nitrogens is 1. The number of thiocarbonyl (C=S) groups is 2. The molecule has 30 heteroatoms.